The molecule has 0 fully saturated rings. The van der Waals surface area contributed by atoms with Gasteiger partial charge in [0.25, 0.3) is 0 Å². The van der Waals surface area contributed by atoms with Crippen molar-refractivity contribution < 1.29 is 4.74 Å². The second kappa shape index (κ2) is 9.33. The predicted molar refractivity (Wildman–Crippen MR) is 121 cm³/mol. The number of anilines is 1. The molecule has 0 unspecified atom stereocenters. The van der Waals surface area contributed by atoms with E-state index < -0.39 is 0 Å². The molecule has 2 nitrogen and oxygen atoms in total. The van der Waals surface area contributed by atoms with Crippen LogP contribution < -0.4 is 10.1 Å². The van der Waals surface area contributed by atoms with Gasteiger partial charge in [-0.2, -0.15) is 0 Å². The molecule has 0 spiro atoms. The molecule has 0 heterocycles. The van der Waals surface area contributed by atoms with Crippen LogP contribution in [0, 0.1) is 6.92 Å². The van der Waals surface area contributed by atoms with Gasteiger partial charge < -0.3 is 10.1 Å². The third-order valence-corrected chi connectivity index (χ3v) is 5.90. The summed E-state index contributed by atoms with van der Waals surface area (Å²) in [5, 5.41) is 4.42. The maximum Gasteiger partial charge on any atom is 0.148 e. The summed E-state index contributed by atoms with van der Waals surface area (Å²) < 4.78 is 7.79. The number of benzene rings is 3. The van der Waals surface area contributed by atoms with Crippen LogP contribution in [-0.4, -0.2) is 0 Å². The Morgan fingerprint density at radius 2 is 1.52 bits per heavy atom. The van der Waals surface area contributed by atoms with Crippen LogP contribution in [0.15, 0.2) is 63.5 Å². The van der Waals surface area contributed by atoms with E-state index >= 15 is 0 Å². The minimum atomic E-state index is 0.512. The molecule has 0 atom stereocenters. The van der Waals surface area contributed by atoms with Crippen LogP contribution >= 0.6 is 55.1 Å². The van der Waals surface area contributed by atoms with E-state index in [-0.39, 0.29) is 0 Å². The first-order chi connectivity index (χ1) is 12.9. The molecule has 0 amide bonds. The van der Waals surface area contributed by atoms with Crippen LogP contribution in [0.25, 0.3) is 0 Å². The SMILES string of the molecule is Cc1ccc(COc2c(Br)cc(CNc3ccc(Cl)c(Cl)c3)cc2Br)cc1. The molecule has 0 saturated carbocycles. The molecule has 0 saturated heterocycles. The van der Waals surface area contributed by atoms with Crippen molar-refractivity contribution in [2.75, 3.05) is 5.32 Å². The highest BCUT2D eigenvalue weighted by Crippen LogP contribution is 2.35. The fraction of sp³-hybridized carbons (Fsp3) is 0.143. The van der Waals surface area contributed by atoms with Gasteiger partial charge in [0, 0.05) is 12.2 Å². The molecule has 3 aromatic rings. The first-order valence-corrected chi connectivity index (χ1v) is 10.6. The van der Waals surface area contributed by atoms with E-state index in [9.17, 15) is 0 Å². The molecule has 0 aromatic heterocycles. The van der Waals surface area contributed by atoms with E-state index in [4.69, 9.17) is 27.9 Å². The molecular weight excluding hydrogens is 513 g/mol. The van der Waals surface area contributed by atoms with Crippen molar-refractivity contribution >= 4 is 60.7 Å². The van der Waals surface area contributed by atoms with E-state index in [0.29, 0.717) is 23.2 Å². The minimum Gasteiger partial charge on any atom is -0.487 e. The summed E-state index contributed by atoms with van der Waals surface area (Å²) in [7, 11) is 0. The summed E-state index contributed by atoms with van der Waals surface area (Å²) in [4.78, 5) is 0. The smallest absolute Gasteiger partial charge is 0.148 e. The van der Waals surface area contributed by atoms with Gasteiger partial charge in [-0.25, -0.2) is 0 Å². The third kappa shape index (κ3) is 5.64. The highest BCUT2D eigenvalue weighted by Gasteiger charge is 2.10. The minimum absolute atomic E-state index is 0.512. The number of halogens is 4. The maximum absolute atomic E-state index is 6.06. The maximum atomic E-state index is 6.06. The molecule has 1 N–H and O–H groups in total. The van der Waals surface area contributed by atoms with Crippen LogP contribution in [-0.2, 0) is 13.2 Å². The molecule has 0 aliphatic carbocycles. The van der Waals surface area contributed by atoms with Gasteiger partial charge in [-0.1, -0.05) is 53.0 Å². The fourth-order valence-electron chi connectivity index (χ4n) is 2.50. The molecule has 27 heavy (non-hydrogen) atoms. The van der Waals surface area contributed by atoms with Crippen molar-refractivity contribution in [2.45, 2.75) is 20.1 Å². The lowest BCUT2D eigenvalue weighted by atomic mass is 10.2. The van der Waals surface area contributed by atoms with Gasteiger partial charge >= 0.3 is 0 Å². The van der Waals surface area contributed by atoms with E-state index in [1.807, 2.05) is 24.3 Å². The van der Waals surface area contributed by atoms with E-state index in [2.05, 4.69) is 68.4 Å². The van der Waals surface area contributed by atoms with Gasteiger partial charge in [0.2, 0.25) is 0 Å². The zero-order valence-electron chi connectivity index (χ0n) is 14.5. The molecule has 140 valence electrons. The van der Waals surface area contributed by atoms with Crippen molar-refractivity contribution in [3.63, 3.8) is 0 Å². The first kappa shape index (κ1) is 20.5. The van der Waals surface area contributed by atoms with Crippen LogP contribution in [0.4, 0.5) is 5.69 Å². The summed E-state index contributed by atoms with van der Waals surface area (Å²) in [6.07, 6.45) is 0. The summed E-state index contributed by atoms with van der Waals surface area (Å²) in [5.41, 5.74) is 4.38. The lowest BCUT2D eigenvalue weighted by molar-refractivity contribution is 0.302. The topological polar surface area (TPSA) is 21.3 Å². The molecule has 0 bridgehead atoms. The lowest BCUT2D eigenvalue weighted by Crippen LogP contribution is -2.01. The zero-order chi connectivity index (χ0) is 19.4. The molecule has 3 aromatic carbocycles. The summed E-state index contributed by atoms with van der Waals surface area (Å²) in [6.45, 7) is 3.23. The van der Waals surface area contributed by atoms with Gasteiger partial charge in [-0.3, -0.25) is 0 Å². The number of aryl methyl sites for hydroxylation is 1. The second-order valence-electron chi connectivity index (χ2n) is 6.15. The lowest BCUT2D eigenvalue weighted by Gasteiger charge is -2.14. The third-order valence-electron chi connectivity index (χ3n) is 3.98. The Bertz CT molecular complexity index is 922. The normalized spacial score (nSPS) is 10.7. The van der Waals surface area contributed by atoms with Crippen molar-refractivity contribution in [3.8, 4) is 5.75 Å². The van der Waals surface area contributed by atoms with Gasteiger partial charge in [0.05, 0.1) is 19.0 Å². The van der Waals surface area contributed by atoms with Gasteiger partial charge in [0.1, 0.15) is 12.4 Å². The molecule has 3 rings (SSSR count). The van der Waals surface area contributed by atoms with Crippen molar-refractivity contribution in [3.05, 3.63) is 90.3 Å². The van der Waals surface area contributed by atoms with Crippen LogP contribution in [0.3, 0.4) is 0 Å². The van der Waals surface area contributed by atoms with Gasteiger partial charge in [0.15, 0.2) is 0 Å². The van der Waals surface area contributed by atoms with Crippen LogP contribution in [0.2, 0.25) is 10.0 Å². The van der Waals surface area contributed by atoms with Gasteiger partial charge in [-0.05, 0) is 80.2 Å². The summed E-state index contributed by atoms with van der Waals surface area (Å²) in [5.74, 6) is 0.786. The number of ether oxygens (including phenoxy) is 1. The van der Waals surface area contributed by atoms with Crippen molar-refractivity contribution in [1.29, 1.82) is 0 Å². The first-order valence-electron chi connectivity index (χ1n) is 8.27. The van der Waals surface area contributed by atoms with Crippen LogP contribution in [0.5, 0.6) is 5.75 Å². The summed E-state index contributed by atoms with van der Waals surface area (Å²) in [6, 6.07) is 17.9. The Kier molecular flexibility index (Phi) is 7.10. The van der Waals surface area contributed by atoms with Gasteiger partial charge in [-0.15, -0.1) is 0 Å². The number of hydrogen-bond acceptors (Lipinski definition) is 2. The number of hydrogen-bond donors (Lipinski definition) is 1. The zero-order valence-corrected chi connectivity index (χ0v) is 19.2. The Hall–Kier alpha value is -1.20. The molecular formula is C21H17Br2Cl2NO. The predicted octanol–water partition coefficient (Wildman–Crippen LogP) is 8.02. The second-order valence-corrected chi connectivity index (χ2v) is 8.67. The number of nitrogens with one attached hydrogen (secondary N) is 1. The average molecular weight is 530 g/mol. The highest BCUT2D eigenvalue weighted by molar-refractivity contribution is 9.11. The van der Waals surface area contributed by atoms with Crippen LogP contribution in [0.1, 0.15) is 16.7 Å². The van der Waals surface area contributed by atoms with E-state index in [0.717, 1.165) is 31.5 Å². The monoisotopic (exact) mass is 527 g/mol. The quantitative estimate of drug-likeness (QED) is 0.349. The Morgan fingerprint density at radius 1 is 0.852 bits per heavy atom. The largest absolute Gasteiger partial charge is 0.487 e. The molecule has 0 radical (unpaired) electrons. The van der Waals surface area contributed by atoms with Crippen molar-refractivity contribution in [2.24, 2.45) is 0 Å². The van der Waals surface area contributed by atoms with Crippen molar-refractivity contribution in [1.82, 2.24) is 0 Å². The Labute approximate surface area is 186 Å². The van der Waals surface area contributed by atoms with E-state index in [1.54, 1.807) is 6.07 Å². The fourth-order valence-corrected chi connectivity index (χ4v) is 4.31. The number of rotatable bonds is 6. The summed E-state index contributed by atoms with van der Waals surface area (Å²) >= 11 is 19.2. The van der Waals surface area contributed by atoms with E-state index in [1.165, 1.54) is 5.56 Å². The molecule has 0 aliphatic heterocycles. The molecule has 0 aliphatic rings. The molecule has 6 heteroatoms. The highest BCUT2D eigenvalue weighted by atomic mass is 79.9. The Balaban J connectivity index is 1.66. The standard InChI is InChI=1S/C21H17Br2Cl2NO/c1-13-2-4-14(5-3-13)12-27-21-17(22)8-15(9-18(21)23)11-26-16-6-7-19(24)20(25)10-16/h2-10,26H,11-12H2,1H3. The Morgan fingerprint density at radius 3 is 2.15 bits per heavy atom. The average Bonchev–Trinajstić information content (AvgIpc) is 2.63.